The highest BCUT2D eigenvalue weighted by Crippen LogP contribution is 2.24. The lowest BCUT2D eigenvalue weighted by Gasteiger charge is -2.26. The average Bonchev–Trinajstić information content (AvgIpc) is 2.69. The summed E-state index contributed by atoms with van der Waals surface area (Å²) in [7, 11) is -3.77. The molecule has 1 aliphatic heterocycles. The minimum absolute atomic E-state index is 0.0297. The molecule has 0 aromatic heterocycles. The number of sulfonamides is 1. The summed E-state index contributed by atoms with van der Waals surface area (Å²) in [6.07, 6.45) is 2.60. The number of hydrogen-bond acceptors (Lipinski definition) is 4. The van der Waals surface area contributed by atoms with Gasteiger partial charge in [0.05, 0.1) is 16.0 Å². The summed E-state index contributed by atoms with van der Waals surface area (Å²) < 4.78 is 27.4. The number of aromatic carboxylic acids is 1. The first-order valence-corrected chi connectivity index (χ1v) is 10.1. The Balaban J connectivity index is 1.90. The van der Waals surface area contributed by atoms with E-state index in [1.807, 2.05) is 0 Å². The van der Waals surface area contributed by atoms with Gasteiger partial charge in [-0.15, -0.1) is 0 Å². The molecule has 2 N–H and O–H groups in total. The molecule has 1 saturated heterocycles. The van der Waals surface area contributed by atoms with Crippen LogP contribution in [0.4, 0.5) is 5.69 Å². The molecule has 0 bridgehead atoms. The van der Waals surface area contributed by atoms with Crippen molar-refractivity contribution in [3.05, 3.63) is 59.7 Å². The Morgan fingerprint density at radius 1 is 0.963 bits per heavy atom. The normalized spacial score (nSPS) is 15.3. The van der Waals surface area contributed by atoms with Gasteiger partial charge in [0.15, 0.2) is 0 Å². The molecule has 0 spiro atoms. The van der Waals surface area contributed by atoms with E-state index < -0.39 is 21.9 Å². The fraction of sp³-hybridized carbons (Fsp3) is 0.263. The molecule has 0 unspecified atom stereocenters. The second-order valence-electron chi connectivity index (χ2n) is 6.30. The summed E-state index contributed by atoms with van der Waals surface area (Å²) in [5.74, 6) is -1.71. The van der Waals surface area contributed by atoms with Crippen molar-refractivity contribution in [1.82, 2.24) is 4.31 Å². The number of carboxylic acid groups (broad SMARTS) is 1. The number of benzene rings is 2. The summed E-state index contributed by atoms with van der Waals surface area (Å²) in [5, 5.41) is 11.6. The number of anilines is 1. The number of carbonyl (C=O) groups is 2. The number of rotatable bonds is 5. The zero-order chi connectivity index (χ0) is 19.4. The third-order valence-corrected chi connectivity index (χ3v) is 6.39. The molecule has 2 aromatic rings. The van der Waals surface area contributed by atoms with Crippen LogP contribution in [0.3, 0.4) is 0 Å². The highest BCUT2D eigenvalue weighted by molar-refractivity contribution is 7.89. The van der Waals surface area contributed by atoms with Crippen molar-refractivity contribution in [2.24, 2.45) is 0 Å². The van der Waals surface area contributed by atoms with E-state index >= 15 is 0 Å². The van der Waals surface area contributed by atoms with E-state index in [2.05, 4.69) is 5.32 Å². The number of nitrogens with one attached hydrogen (secondary N) is 1. The van der Waals surface area contributed by atoms with Crippen LogP contribution in [-0.2, 0) is 10.0 Å². The van der Waals surface area contributed by atoms with Gasteiger partial charge in [-0.25, -0.2) is 13.2 Å². The first-order chi connectivity index (χ1) is 12.9. The van der Waals surface area contributed by atoms with E-state index in [1.165, 1.54) is 34.6 Å². The lowest BCUT2D eigenvalue weighted by molar-refractivity contribution is 0.0696. The van der Waals surface area contributed by atoms with Gasteiger partial charge in [0.25, 0.3) is 5.91 Å². The fourth-order valence-electron chi connectivity index (χ4n) is 3.05. The Morgan fingerprint density at radius 2 is 1.67 bits per heavy atom. The second-order valence-corrected chi connectivity index (χ2v) is 8.21. The van der Waals surface area contributed by atoms with Crippen molar-refractivity contribution < 1.29 is 23.1 Å². The van der Waals surface area contributed by atoms with Crippen LogP contribution in [0, 0.1) is 0 Å². The molecule has 0 radical (unpaired) electrons. The number of amides is 1. The molecule has 2 aromatic carbocycles. The predicted molar refractivity (Wildman–Crippen MR) is 100 cm³/mol. The minimum Gasteiger partial charge on any atom is -0.478 e. The summed E-state index contributed by atoms with van der Waals surface area (Å²) in [6, 6.07) is 11.8. The van der Waals surface area contributed by atoms with Gasteiger partial charge in [-0.3, -0.25) is 4.79 Å². The smallest absolute Gasteiger partial charge is 0.335 e. The Hall–Kier alpha value is -2.71. The van der Waals surface area contributed by atoms with Gasteiger partial charge in [0.2, 0.25) is 10.0 Å². The van der Waals surface area contributed by atoms with Gasteiger partial charge in [0, 0.05) is 18.8 Å². The highest BCUT2D eigenvalue weighted by Gasteiger charge is 2.29. The fourth-order valence-corrected chi connectivity index (χ4v) is 4.76. The largest absolute Gasteiger partial charge is 0.478 e. The van der Waals surface area contributed by atoms with Crippen LogP contribution >= 0.6 is 0 Å². The highest BCUT2D eigenvalue weighted by atomic mass is 32.2. The molecule has 8 heteroatoms. The quantitative estimate of drug-likeness (QED) is 0.820. The van der Waals surface area contributed by atoms with Crippen LogP contribution < -0.4 is 5.32 Å². The van der Waals surface area contributed by atoms with E-state index in [0.717, 1.165) is 19.3 Å². The predicted octanol–water partition coefficient (Wildman–Crippen LogP) is 2.81. The Kier molecular flexibility index (Phi) is 5.57. The number of hydrogen-bond donors (Lipinski definition) is 2. The van der Waals surface area contributed by atoms with Crippen molar-refractivity contribution >= 4 is 27.6 Å². The van der Waals surface area contributed by atoms with Gasteiger partial charge in [-0.05, 0) is 43.2 Å². The average molecular weight is 388 g/mol. The van der Waals surface area contributed by atoms with Crippen molar-refractivity contribution in [2.75, 3.05) is 18.4 Å². The van der Waals surface area contributed by atoms with E-state index in [9.17, 15) is 18.0 Å². The molecule has 1 amide bonds. The van der Waals surface area contributed by atoms with Crippen LogP contribution in [-0.4, -0.2) is 42.8 Å². The lowest BCUT2D eigenvalue weighted by atomic mass is 10.1. The molecular weight excluding hydrogens is 368 g/mol. The number of carbonyl (C=O) groups excluding carboxylic acids is 1. The Morgan fingerprint density at radius 3 is 2.37 bits per heavy atom. The topological polar surface area (TPSA) is 104 Å². The molecule has 0 aliphatic carbocycles. The third kappa shape index (κ3) is 4.17. The standard InChI is InChI=1S/C19H20N2O5S/c22-18(20-15-8-6-7-14(13-15)19(23)24)16-9-2-3-10-17(16)27(25,26)21-11-4-1-5-12-21/h2-3,6-10,13H,1,4-5,11-12H2,(H,20,22)(H,23,24). The molecule has 1 fully saturated rings. The minimum atomic E-state index is -3.77. The zero-order valence-corrected chi connectivity index (χ0v) is 15.4. The molecular formula is C19H20N2O5S. The maximum atomic E-state index is 13.0. The van der Waals surface area contributed by atoms with Crippen molar-refractivity contribution in [3.63, 3.8) is 0 Å². The maximum absolute atomic E-state index is 13.0. The van der Waals surface area contributed by atoms with Crippen LogP contribution in [0.5, 0.6) is 0 Å². The van der Waals surface area contributed by atoms with Crippen molar-refractivity contribution in [2.45, 2.75) is 24.2 Å². The molecule has 7 nitrogen and oxygen atoms in total. The van der Waals surface area contributed by atoms with E-state index in [0.29, 0.717) is 13.1 Å². The van der Waals surface area contributed by atoms with E-state index in [4.69, 9.17) is 5.11 Å². The molecule has 0 atom stereocenters. The van der Waals surface area contributed by atoms with E-state index in [-0.39, 0.29) is 21.7 Å². The molecule has 3 rings (SSSR count). The van der Waals surface area contributed by atoms with Crippen LogP contribution in [0.15, 0.2) is 53.4 Å². The van der Waals surface area contributed by atoms with Gasteiger partial charge < -0.3 is 10.4 Å². The van der Waals surface area contributed by atoms with Crippen LogP contribution in [0.1, 0.15) is 40.0 Å². The molecule has 142 valence electrons. The first-order valence-electron chi connectivity index (χ1n) is 8.63. The molecule has 27 heavy (non-hydrogen) atoms. The molecule has 1 aliphatic rings. The molecule has 0 saturated carbocycles. The number of nitrogens with zero attached hydrogens (tertiary/aromatic N) is 1. The van der Waals surface area contributed by atoms with Gasteiger partial charge in [-0.1, -0.05) is 24.6 Å². The maximum Gasteiger partial charge on any atom is 0.335 e. The summed E-state index contributed by atoms with van der Waals surface area (Å²) in [4.78, 5) is 23.7. The summed E-state index contributed by atoms with van der Waals surface area (Å²) in [5.41, 5.74) is 0.343. The third-order valence-electron chi connectivity index (χ3n) is 4.43. The number of carboxylic acids is 1. The lowest BCUT2D eigenvalue weighted by Crippen LogP contribution is -2.36. The Bertz CT molecular complexity index is 966. The zero-order valence-electron chi connectivity index (χ0n) is 14.6. The molecule has 1 heterocycles. The summed E-state index contributed by atoms with van der Waals surface area (Å²) in [6.45, 7) is 0.887. The van der Waals surface area contributed by atoms with Crippen LogP contribution in [0.2, 0.25) is 0 Å². The van der Waals surface area contributed by atoms with Crippen molar-refractivity contribution in [3.8, 4) is 0 Å². The van der Waals surface area contributed by atoms with Crippen molar-refractivity contribution in [1.29, 1.82) is 0 Å². The summed E-state index contributed by atoms with van der Waals surface area (Å²) >= 11 is 0. The van der Waals surface area contributed by atoms with E-state index in [1.54, 1.807) is 18.2 Å². The Labute approximate surface area is 157 Å². The van der Waals surface area contributed by atoms with Gasteiger partial charge in [0.1, 0.15) is 0 Å². The van der Waals surface area contributed by atoms with Gasteiger partial charge >= 0.3 is 5.97 Å². The van der Waals surface area contributed by atoms with Crippen LogP contribution in [0.25, 0.3) is 0 Å². The monoisotopic (exact) mass is 388 g/mol. The second kappa shape index (κ2) is 7.89. The number of piperidine rings is 1. The SMILES string of the molecule is O=C(O)c1cccc(NC(=O)c2ccccc2S(=O)(=O)N2CCCCC2)c1. The first kappa shape index (κ1) is 19.1. The van der Waals surface area contributed by atoms with Gasteiger partial charge in [-0.2, -0.15) is 4.31 Å².